The molecule has 0 fully saturated rings. The minimum absolute atomic E-state index is 0.0913. The van der Waals surface area contributed by atoms with Crippen molar-refractivity contribution in [1.82, 2.24) is 4.98 Å². The zero-order chi connectivity index (χ0) is 25.5. The fraction of sp³-hybridized carbons (Fsp3) is 0.250. The van der Waals surface area contributed by atoms with Gasteiger partial charge in [-0.2, -0.15) is 0 Å². The molecular formula is C28H31FN3O3S+. The van der Waals surface area contributed by atoms with Gasteiger partial charge < -0.3 is 24.7 Å². The van der Waals surface area contributed by atoms with Crippen LogP contribution < -0.4 is 14.5 Å². The lowest BCUT2D eigenvalue weighted by Gasteiger charge is -2.12. The summed E-state index contributed by atoms with van der Waals surface area (Å²) in [6.07, 6.45) is 4.98. The maximum absolute atomic E-state index is 13.8. The minimum atomic E-state index is -0.496. The van der Waals surface area contributed by atoms with Crippen LogP contribution in [-0.4, -0.2) is 46.6 Å². The van der Waals surface area contributed by atoms with Gasteiger partial charge in [-0.25, -0.2) is 9.38 Å². The van der Waals surface area contributed by atoms with Crippen molar-refractivity contribution in [2.24, 2.45) is 0 Å². The van der Waals surface area contributed by atoms with Crippen LogP contribution in [-0.2, 0) is 6.42 Å². The van der Waals surface area contributed by atoms with Crippen molar-refractivity contribution in [3.05, 3.63) is 83.8 Å². The molecule has 0 spiro atoms. The van der Waals surface area contributed by atoms with Gasteiger partial charge in [0, 0.05) is 35.5 Å². The molecule has 1 unspecified atom stereocenters. The first-order valence-corrected chi connectivity index (χ1v) is 13.1. The summed E-state index contributed by atoms with van der Waals surface area (Å²) in [5.41, 5.74) is 5.06. The summed E-state index contributed by atoms with van der Waals surface area (Å²) < 4.78 is 22.9. The van der Waals surface area contributed by atoms with Crippen LogP contribution in [0.1, 0.15) is 24.5 Å². The largest absolute Gasteiger partial charge is 0.493 e. The molecule has 3 aromatic carbocycles. The lowest BCUT2D eigenvalue weighted by Crippen LogP contribution is -2.81. The summed E-state index contributed by atoms with van der Waals surface area (Å²) in [5.74, 6) is 0.138. The van der Waals surface area contributed by atoms with Crippen molar-refractivity contribution < 1.29 is 24.3 Å². The van der Waals surface area contributed by atoms with Crippen molar-refractivity contribution in [3.8, 4) is 16.9 Å². The van der Waals surface area contributed by atoms with E-state index in [9.17, 15) is 14.6 Å². The number of aliphatic hydroxyl groups is 2. The molecule has 0 saturated carbocycles. The van der Waals surface area contributed by atoms with Crippen LogP contribution in [0.25, 0.3) is 22.0 Å². The minimum Gasteiger partial charge on any atom is -0.493 e. The topological polar surface area (TPSA) is 91.5 Å². The van der Waals surface area contributed by atoms with Crippen LogP contribution in [0, 0.1) is 5.82 Å². The van der Waals surface area contributed by atoms with Crippen LogP contribution in [0.5, 0.6) is 5.75 Å². The summed E-state index contributed by atoms with van der Waals surface area (Å²) in [7, 11) is 0. The van der Waals surface area contributed by atoms with Gasteiger partial charge in [0.15, 0.2) is 6.04 Å². The van der Waals surface area contributed by atoms with Crippen LogP contribution in [0.3, 0.4) is 0 Å². The maximum Gasteiger partial charge on any atom is 0.369 e. The summed E-state index contributed by atoms with van der Waals surface area (Å²) in [6.45, 7) is 2.31. The summed E-state index contributed by atoms with van der Waals surface area (Å²) in [6, 6.07) is 17.8. The monoisotopic (exact) mass is 508 g/mol. The first-order valence-electron chi connectivity index (χ1n) is 11.9. The Morgan fingerprint density at radius 3 is 2.75 bits per heavy atom. The van der Waals surface area contributed by atoms with E-state index in [1.807, 2.05) is 55.6 Å². The van der Waals surface area contributed by atoms with Crippen LogP contribution in [0.4, 0.5) is 10.1 Å². The second kappa shape index (κ2) is 12.0. The molecule has 6 nitrogen and oxygen atoms in total. The molecule has 5 N–H and O–H groups in total. The first kappa shape index (κ1) is 25.6. The number of ether oxygens (including phenoxy) is 1. The number of fused-ring (bicyclic) bond motifs is 1. The molecule has 0 aliphatic carbocycles. The molecule has 36 heavy (non-hydrogen) atoms. The first-order chi connectivity index (χ1) is 17.5. The van der Waals surface area contributed by atoms with Crippen LogP contribution >= 0.6 is 11.9 Å². The smallest absolute Gasteiger partial charge is 0.369 e. The van der Waals surface area contributed by atoms with E-state index in [-0.39, 0.29) is 18.3 Å². The summed E-state index contributed by atoms with van der Waals surface area (Å²) in [4.78, 5) is 6.18. The Balaban J connectivity index is 1.67. The molecule has 0 aliphatic heterocycles. The Morgan fingerprint density at radius 1 is 1.14 bits per heavy atom. The molecule has 188 valence electrons. The molecule has 4 aromatic rings. The highest BCUT2D eigenvalue weighted by Gasteiger charge is 2.22. The van der Waals surface area contributed by atoms with Gasteiger partial charge in [-0.1, -0.05) is 37.1 Å². The number of hydrogen-bond acceptors (Lipinski definition) is 4. The van der Waals surface area contributed by atoms with E-state index < -0.39 is 6.04 Å². The normalized spacial score (nSPS) is 12.6. The molecule has 4 rings (SSSR count). The SMILES string of the molecule is CCCOc1ccc(-c2cccc(NSC)c2)cc1C(O)=[NH+]C(CO)Cc1c[nH]c2ccc(F)cc12. The maximum atomic E-state index is 13.8. The molecule has 1 aromatic heterocycles. The van der Waals surface area contributed by atoms with Gasteiger partial charge in [0.2, 0.25) is 0 Å². The number of benzene rings is 3. The molecule has 8 heteroatoms. The Bertz CT molecular complexity index is 1360. The Morgan fingerprint density at radius 2 is 1.97 bits per heavy atom. The third-order valence-electron chi connectivity index (χ3n) is 5.87. The van der Waals surface area contributed by atoms with Gasteiger partial charge in [0.1, 0.15) is 23.7 Å². The number of anilines is 1. The number of hydrogen-bond donors (Lipinski definition) is 5. The van der Waals surface area contributed by atoms with Crippen molar-refractivity contribution in [3.63, 3.8) is 0 Å². The molecule has 0 aliphatic rings. The van der Waals surface area contributed by atoms with Gasteiger partial charge in [-0.3, -0.25) is 0 Å². The van der Waals surface area contributed by atoms with E-state index in [1.54, 1.807) is 12.3 Å². The average molecular weight is 509 g/mol. The number of rotatable bonds is 11. The van der Waals surface area contributed by atoms with E-state index >= 15 is 0 Å². The molecule has 0 amide bonds. The highest BCUT2D eigenvalue weighted by molar-refractivity contribution is 7.99. The summed E-state index contributed by atoms with van der Waals surface area (Å²) in [5, 5.41) is 21.9. The van der Waals surface area contributed by atoms with Crippen molar-refractivity contribution >= 4 is 34.4 Å². The van der Waals surface area contributed by atoms with E-state index in [0.29, 0.717) is 24.3 Å². The molecule has 1 atom stereocenters. The number of aromatic amines is 1. The Labute approximate surface area is 214 Å². The van der Waals surface area contributed by atoms with Gasteiger partial charge in [0.05, 0.1) is 6.61 Å². The lowest BCUT2D eigenvalue weighted by molar-refractivity contribution is -0.513. The quantitative estimate of drug-likeness (QED) is 0.117. The zero-order valence-corrected chi connectivity index (χ0v) is 21.2. The molecule has 1 heterocycles. The Kier molecular flexibility index (Phi) is 8.51. The van der Waals surface area contributed by atoms with Crippen molar-refractivity contribution in [1.29, 1.82) is 0 Å². The van der Waals surface area contributed by atoms with Crippen molar-refractivity contribution in [2.75, 3.05) is 24.2 Å². The molecular weight excluding hydrogens is 477 g/mol. The average Bonchev–Trinajstić information content (AvgIpc) is 3.28. The van der Waals surface area contributed by atoms with Crippen LogP contribution in [0.15, 0.2) is 66.9 Å². The predicted octanol–water partition coefficient (Wildman–Crippen LogP) is 4.44. The van der Waals surface area contributed by atoms with E-state index in [2.05, 4.69) is 14.7 Å². The highest BCUT2D eigenvalue weighted by atomic mass is 32.2. The van der Waals surface area contributed by atoms with Gasteiger partial charge in [-0.05, 0) is 65.6 Å². The summed E-state index contributed by atoms with van der Waals surface area (Å²) >= 11 is 1.52. The fourth-order valence-electron chi connectivity index (χ4n) is 4.13. The third kappa shape index (κ3) is 6.01. The Hall–Kier alpha value is -3.49. The van der Waals surface area contributed by atoms with Gasteiger partial charge >= 0.3 is 5.90 Å². The molecule has 0 radical (unpaired) electrons. The number of nitrogens with one attached hydrogen (secondary N) is 3. The predicted molar refractivity (Wildman–Crippen MR) is 145 cm³/mol. The van der Waals surface area contributed by atoms with Crippen molar-refractivity contribution in [2.45, 2.75) is 25.8 Å². The lowest BCUT2D eigenvalue weighted by atomic mass is 10.0. The van der Waals surface area contributed by atoms with E-state index in [1.165, 1.54) is 24.1 Å². The number of H-pyrrole nitrogens is 1. The highest BCUT2D eigenvalue weighted by Crippen LogP contribution is 2.29. The third-order valence-corrected chi connectivity index (χ3v) is 6.31. The number of aromatic nitrogens is 1. The van der Waals surface area contributed by atoms with E-state index in [0.717, 1.165) is 39.7 Å². The molecule has 0 bridgehead atoms. The van der Waals surface area contributed by atoms with E-state index in [4.69, 9.17) is 4.74 Å². The van der Waals surface area contributed by atoms with Crippen LogP contribution in [0.2, 0.25) is 0 Å². The zero-order valence-electron chi connectivity index (χ0n) is 20.3. The standard InChI is InChI=1S/C28H30FN3O3S/c1-3-11-35-27-10-7-19(18-5-4-6-22(12-18)32-36-2)14-25(27)28(34)31-23(17-33)13-20-16-30-26-9-8-21(29)15-24(20)26/h4-10,12,14-16,23,30,32-33H,3,11,13,17H2,1-2H3,(H,31,34)/p+1. The van der Waals surface area contributed by atoms with Gasteiger partial charge in [0.25, 0.3) is 0 Å². The number of aliphatic hydroxyl groups excluding tert-OH is 2. The second-order valence-electron chi connectivity index (χ2n) is 8.53. The number of halogens is 1. The fourth-order valence-corrected chi connectivity index (χ4v) is 4.49. The second-order valence-corrected chi connectivity index (χ2v) is 9.14. The van der Waals surface area contributed by atoms with Gasteiger partial charge in [-0.15, -0.1) is 0 Å². The molecule has 0 saturated heterocycles.